The Labute approximate surface area is 142 Å². The summed E-state index contributed by atoms with van der Waals surface area (Å²) in [6, 6.07) is 14.4. The molecule has 2 heterocycles. The average Bonchev–Trinajstić information content (AvgIpc) is 2.80. The topological polar surface area (TPSA) is 37.4 Å². The van der Waals surface area contributed by atoms with E-state index in [1.807, 2.05) is 31.2 Å². The second kappa shape index (κ2) is 4.56. The Balaban J connectivity index is 2.08. The maximum absolute atomic E-state index is 12.7. The van der Waals surface area contributed by atoms with Crippen molar-refractivity contribution in [2.24, 2.45) is 0 Å². The van der Waals surface area contributed by atoms with Gasteiger partial charge in [0.15, 0.2) is 0 Å². The van der Waals surface area contributed by atoms with Crippen LogP contribution in [0.3, 0.4) is 0 Å². The lowest BCUT2D eigenvalue weighted by molar-refractivity contribution is -0.115. The van der Waals surface area contributed by atoms with Crippen LogP contribution in [-0.2, 0) is 10.2 Å². The van der Waals surface area contributed by atoms with Crippen LogP contribution in [0.25, 0.3) is 0 Å². The fourth-order valence-corrected chi connectivity index (χ4v) is 4.65. The van der Waals surface area contributed by atoms with E-state index in [4.69, 9.17) is 0 Å². The molecule has 2 aromatic carbocycles. The smallest absolute Gasteiger partial charge is 0.299 e. The van der Waals surface area contributed by atoms with E-state index in [1.54, 1.807) is 4.90 Å². The number of Topliss-reactive ketones (excluding diaryl/α,β-unsaturated/α-hetero) is 1. The monoisotopic (exact) mass is 319 g/mol. The van der Waals surface area contributed by atoms with Crippen LogP contribution in [0.4, 0.5) is 5.69 Å². The van der Waals surface area contributed by atoms with Gasteiger partial charge >= 0.3 is 0 Å². The number of amides is 1. The van der Waals surface area contributed by atoms with Crippen molar-refractivity contribution in [3.8, 4) is 0 Å². The molecule has 4 rings (SSSR count). The van der Waals surface area contributed by atoms with Gasteiger partial charge < -0.3 is 0 Å². The summed E-state index contributed by atoms with van der Waals surface area (Å²) in [6.45, 7) is 8.24. The molecule has 3 heteroatoms. The summed E-state index contributed by atoms with van der Waals surface area (Å²) in [5.74, 6) is -0.754. The molecule has 0 bridgehead atoms. The fourth-order valence-electron chi connectivity index (χ4n) is 4.65. The van der Waals surface area contributed by atoms with Gasteiger partial charge in [0.05, 0.1) is 11.3 Å². The van der Waals surface area contributed by atoms with Crippen LogP contribution in [0.2, 0.25) is 0 Å². The molecular weight excluding hydrogens is 298 g/mol. The molecule has 3 nitrogen and oxygen atoms in total. The SMILES string of the molecule is Cc1ccc2c3c1C(=O)C(=O)N3C(C)(C)CC2(C)c1ccccc1. The van der Waals surface area contributed by atoms with Crippen LogP contribution >= 0.6 is 0 Å². The molecule has 2 aliphatic rings. The van der Waals surface area contributed by atoms with Gasteiger partial charge in [-0.3, -0.25) is 14.5 Å². The number of hydrogen-bond acceptors (Lipinski definition) is 2. The van der Waals surface area contributed by atoms with Crippen molar-refractivity contribution in [3.63, 3.8) is 0 Å². The molecule has 0 fully saturated rings. The average molecular weight is 319 g/mol. The molecule has 1 unspecified atom stereocenters. The number of carbonyl (C=O) groups excluding carboxylic acids is 2. The largest absolute Gasteiger partial charge is 0.299 e. The summed E-state index contributed by atoms with van der Waals surface area (Å²) < 4.78 is 0. The van der Waals surface area contributed by atoms with Gasteiger partial charge in [0.1, 0.15) is 0 Å². The van der Waals surface area contributed by atoms with Crippen LogP contribution in [0.1, 0.15) is 54.2 Å². The van der Waals surface area contributed by atoms with E-state index in [0.29, 0.717) is 5.56 Å². The zero-order chi connectivity index (χ0) is 17.3. The molecule has 0 spiro atoms. The Hall–Kier alpha value is -2.42. The van der Waals surface area contributed by atoms with Crippen LogP contribution in [0, 0.1) is 6.92 Å². The van der Waals surface area contributed by atoms with E-state index in [2.05, 4.69) is 39.0 Å². The molecular formula is C21H21NO2. The number of benzene rings is 2. The number of ketones is 1. The van der Waals surface area contributed by atoms with Crippen molar-refractivity contribution in [2.45, 2.75) is 45.1 Å². The van der Waals surface area contributed by atoms with Gasteiger partial charge in [-0.05, 0) is 43.9 Å². The minimum Gasteiger partial charge on any atom is -0.299 e. The maximum Gasteiger partial charge on any atom is 0.299 e. The quantitative estimate of drug-likeness (QED) is 0.745. The lowest BCUT2D eigenvalue weighted by Crippen LogP contribution is -2.54. The summed E-state index contributed by atoms with van der Waals surface area (Å²) >= 11 is 0. The number of anilines is 1. The van der Waals surface area contributed by atoms with E-state index in [1.165, 1.54) is 5.56 Å². The van der Waals surface area contributed by atoms with Gasteiger partial charge in [-0.25, -0.2) is 0 Å². The van der Waals surface area contributed by atoms with Gasteiger partial charge in [0.2, 0.25) is 0 Å². The summed E-state index contributed by atoms with van der Waals surface area (Å²) in [5.41, 5.74) is 3.94. The molecule has 2 aliphatic heterocycles. The predicted molar refractivity (Wildman–Crippen MR) is 94.6 cm³/mol. The molecule has 1 amide bonds. The molecule has 0 saturated carbocycles. The molecule has 2 aromatic rings. The lowest BCUT2D eigenvalue weighted by Gasteiger charge is -2.49. The number of hydrogen-bond donors (Lipinski definition) is 0. The van der Waals surface area contributed by atoms with E-state index in [0.717, 1.165) is 23.2 Å². The molecule has 0 saturated heterocycles. The van der Waals surface area contributed by atoms with Gasteiger partial charge in [0, 0.05) is 11.0 Å². The standard InChI is InChI=1S/C21H21NO2/c1-13-10-11-15-17-16(13)18(23)19(24)22(17)20(2,3)12-21(15,4)14-8-6-5-7-9-14/h5-11H,12H2,1-4H3. The Morgan fingerprint density at radius 3 is 2.29 bits per heavy atom. The maximum atomic E-state index is 12.7. The highest BCUT2D eigenvalue weighted by atomic mass is 16.2. The highest BCUT2D eigenvalue weighted by molar-refractivity contribution is 6.53. The molecule has 0 aromatic heterocycles. The first-order chi connectivity index (χ1) is 11.3. The number of carbonyl (C=O) groups is 2. The van der Waals surface area contributed by atoms with Gasteiger partial charge in [0.25, 0.3) is 11.7 Å². The Kier molecular flexibility index (Phi) is 2.88. The second-order valence-corrected chi connectivity index (χ2v) is 7.81. The summed E-state index contributed by atoms with van der Waals surface area (Å²) in [7, 11) is 0. The summed E-state index contributed by atoms with van der Waals surface area (Å²) in [6.07, 6.45) is 0.776. The lowest BCUT2D eigenvalue weighted by atomic mass is 9.65. The third-order valence-electron chi connectivity index (χ3n) is 5.63. The number of aryl methyl sites for hydroxylation is 1. The minimum absolute atomic E-state index is 0.232. The molecule has 0 aliphatic carbocycles. The first-order valence-electron chi connectivity index (χ1n) is 8.36. The van der Waals surface area contributed by atoms with E-state index < -0.39 is 5.54 Å². The Morgan fingerprint density at radius 1 is 0.958 bits per heavy atom. The fraction of sp³-hybridized carbons (Fsp3) is 0.333. The number of nitrogens with zero attached hydrogens (tertiary/aromatic N) is 1. The van der Waals surface area contributed by atoms with Crippen LogP contribution in [0.15, 0.2) is 42.5 Å². The highest BCUT2D eigenvalue weighted by Gasteiger charge is 2.54. The van der Waals surface area contributed by atoms with E-state index >= 15 is 0 Å². The molecule has 24 heavy (non-hydrogen) atoms. The Bertz CT molecular complexity index is 882. The van der Waals surface area contributed by atoms with Crippen molar-refractivity contribution in [3.05, 3.63) is 64.7 Å². The Morgan fingerprint density at radius 2 is 1.62 bits per heavy atom. The second-order valence-electron chi connectivity index (χ2n) is 7.81. The van der Waals surface area contributed by atoms with Crippen LogP contribution < -0.4 is 4.90 Å². The zero-order valence-corrected chi connectivity index (χ0v) is 14.5. The van der Waals surface area contributed by atoms with Crippen molar-refractivity contribution in [1.82, 2.24) is 0 Å². The van der Waals surface area contributed by atoms with Crippen molar-refractivity contribution in [2.75, 3.05) is 4.90 Å². The minimum atomic E-state index is -0.413. The third-order valence-corrected chi connectivity index (χ3v) is 5.63. The summed E-state index contributed by atoms with van der Waals surface area (Å²) in [4.78, 5) is 27.0. The van der Waals surface area contributed by atoms with Crippen LogP contribution in [-0.4, -0.2) is 17.2 Å². The van der Waals surface area contributed by atoms with Gasteiger partial charge in [-0.2, -0.15) is 0 Å². The summed E-state index contributed by atoms with van der Waals surface area (Å²) in [5, 5.41) is 0. The molecule has 1 atom stereocenters. The predicted octanol–water partition coefficient (Wildman–Crippen LogP) is 4.01. The zero-order valence-electron chi connectivity index (χ0n) is 14.5. The third kappa shape index (κ3) is 1.73. The highest BCUT2D eigenvalue weighted by Crippen LogP contribution is 2.54. The molecule has 122 valence electrons. The van der Waals surface area contributed by atoms with Gasteiger partial charge in [-0.15, -0.1) is 0 Å². The van der Waals surface area contributed by atoms with E-state index in [-0.39, 0.29) is 17.1 Å². The van der Waals surface area contributed by atoms with Crippen molar-refractivity contribution >= 4 is 17.4 Å². The normalized spacial score (nSPS) is 24.2. The van der Waals surface area contributed by atoms with Crippen LogP contribution in [0.5, 0.6) is 0 Å². The first-order valence-corrected chi connectivity index (χ1v) is 8.36. The van der Waals surface area contributed by atoms with Gasteiger partial charge in [-0.1, -0.05) is 49.4 Å². The molecule has 0 N–H and O–H groups in total. The van der Waals surface area contributed by atoms with Crippen molar-refractivity contribution in [1.29, 1.82) is 0 Å². The molecule has 0 radical (unpaired) electrons. The number of rotatable bonds is 1. The first kappa shape index (κ1) is 15.1. The van der Waals surface area contributed by atoms with Crippen molar-refractivity contribution < 1.29 is 9.59 Å². The van der Waals surface area contributed by atoms with E-state index in [9.17, 15) is 9.59 Å².